The molecule has 2 aromatic carbocycles. The van der Waals surface area contributed by atoms with Crippen LogP contribution in [0.15, 0.2) is 90.0 Å². The van der Waals surface area contributed by atoms with Crippen molar-refractivity contribution in [2.45, 2.75) is 65.7 Å². The third-order valence-corrected chi connectivity index (χ3v) is 9.11. The van der Waals surface area contributed by atoms with E-state index in [4.69, 9.17) is 4.98 Å². The van der Waals surface area contributed by atoms with E-state index in [1.165, 1.54) is 11.1 Å². The molecule has 1 aromatic heterocycles. The van der Waals surface area contributed by atoms with Crippen molar-refractivity contribution in [1.29, 1.82) is 0 Å². The molecular weight excluding hydrogens is 544 g/mol. The second-order valence-electron chi connectivity index (χ2n) is 12.1. The molecule has 1 unspecified atom stereocenters. The van der Waals surface area contributed by atoms with Gasteiger partial charge in [-0.25, -0.2) is 4.98 Å². The van der Waals surface area contributed by atoms with Crippen molar-refractivity contribution in [3.05, 3.63) is 107 Å². The highest BCUT2D eigenvalue weighted by Crippen LogP contribution is 2.40. The molecule has 3 heterocycles. The average Bonchev–Trinajstić information content (AvgIpc) is 3.23. The maximum atomic E-state index is 14.2. The van der Waals surface area contributed by atoms with Gasteiger partial charge in [-0.05, 0) is 85.8 Å². The summed E-state index contributed by atoms with van der Waals surface area (Å²) in [4.78, 5) is 36.1. The maximum Gasteiger partial charge on any atom is 0.276 e. The molecular formula is C38H46N4O2. The van der Waals surface area contributed by atoms with Gasteiger partial charge in [-0.15, -0.1) is 0 Å². The first-order chi connectivity index (χ1) is 21.4. The highest BCUT2D eigenvalue weighted by Gasteiger charge is 2.29. The summed E-state index contributed by atoms with van der Waals surface area (Å²) in [5, 5.41) is 3.00. The van der Waals surface area contributed by atoms with Gasteiger partial charge in [0.1, 0.15) is 11.5 Å². The minimum Gasteiger partial charge on any atom is -0.357 e. The highest BCUT2D eigenvalue weighted by atomic mass is 16.2. The normalized spacial score (nSPS) is 16.8. The molecule has 2 aliphatic rings. The lowest BCUT2D eigenvalue weighted by Crippen LogP contribution is -2.35. The van der Waals surface area contributed by atoms with E-state index in [1.807, 2.05) is 54.3 Å². The molecule has 3 aromatic rings. The molecule has 6 heteroatoms. The number of aromatic nitrogens is 1. The number of nitrogens with one attached hydrogen (secondary N) is 1. The molecule has 2 aliphatic heterocycles. The van der Waals surface area contributed by atoms with E-state index in [0.717, 1.165) is 61.4 Å². The van der Waals surface area contributed by atoms with Crippen molar-refractivity contribution in [3.8, 4) is 0 Å². The van der Waals surface area contributed by atoms with Gasteiger partial charge < -0.3 is 15.1 Å². The molecule has 5 rings (SSSR count). The fourth-order valence-corrected chi connectivity index (χ4v) is 6.47. The Kier molecular flexibility index (Phi) is 10.3. The smallest absolute Gasteiger partial charge is 0.276 e. The van der Waals surface area contributed by atoms with Gasteiger partial charge >= 0.3 is 0 Å². The van der Waals surface area contributed by atoms with Gasteiger partial charge in [0, 0.05) is 37.3 Å². The van der Waals surface area contributed by atoms with Crippen molar-refractivity contribution < 1.29 is 9.59 Å². The number of fused-ring (bicyclic) bond motifs is 1. The molecule has 0 radical (unpaired) electrons. The van der Waals surface area contributed by atoms with Crippen LogP contribution in [0.25, 0.3) is 5.57 Å². The number of benzene rings is 2. The number of carbonyl (C=O) groups excluding carboxylic acids is 2. The van der Waals surface area contributed by atoms with Crippen molar-refractivity contribution in [1.82, 2.24) is 10.3 Å². The first-order valence-electron chi connectivity index (χ1n) is 16.3. The minimum atomic E-state index is -0.0930. The topological polar surface area (TPSA) is 65.5 Å². The molecule has 0 aliphatic carbocycles. The van der Waals surface area contributed by atoms with Gasteiger partial charge in [-0.3, -0.25) is 9.59 Å². The first kappa shape index (κ1) is 31.2. The summed E-state index contributed by atoms with van der Waals surface area (Å²) in [6.07, 6.45) is 6.69. The van der Waals surface area contributed by atoms with Crippen LogP contribution in [0, 0.1) is 5.92 Å². The third-order valence-electron chi connectivity index (χ3n) is 9.11. The summed E-state index contributed by atoms with van der Waals surface area (Å²) in [6, 6.07) is 24.8. The van der Waals surface area contributed by atoms with Crippen LogP contribution in [0.4, 0.5) is 11.5 Å². The van der Waals surface area contributed by atoms with Crippen LogP contribution in [0.3, 0.4) is 0 Å². The van der Waals surface area contributed by atoms with Crippen LogP contribution in [0.1, 0.15) is 87.3 Å². The lowest BCUT2D eigenvalue weighted by Gasteiger charge is -2.33. The predicted molar refractivity (Wildman–Crippen MR) is 181 cm³/mol. The van der Waals surface area contributed by atoms with E-state index in [2.05, 4.69) is 67.4 Å². The van der Waals surface area contributed by atoms with E-state index >= 15 is 0 Å². The van der Waals surface area contributed by atoms with Gasteiger partial charge in [-0.1, -0.05) is 81.4 Å². The Morgan fingerprint density at radius 1 is 0.955 bits per heavy atom. The van der Waals surface area contributed by atoms with Gasteiger partial charge in [0.05, 0.1) is 5.69 Å². The number of carbonyl (C=O) groups is 2. The molecule has 2 amide bonds. The van der Waals surface area contributed by atoms with Crippen LogP contribution in [0.2, 0.25) is 0 Å². The Labute approximate surface area is 262 Å². The molecule has 1 saturated heterocycles. The monoisotopic (exact) mass is 590 g/mol. The average molecular weight is 591 g/mol. The van der Waals surface area contributed by atoms with Crippen LogP contribution >= 0.6 is 0 Å². The SMILES string of the molecule is CCCNC(=O)/C(C)=C/C1=C(C(C)CC)c2ccccc2N(C(=O)c2cccc(N3CCC(c4ccccc4)CC3)n2)CC1. The largest absolute Gasteiger partial charge is 0.357 e. The number of hydrogen-bond donors (Lipinski definition) is 1. The lowest BCUT2D eigenvalue weighted by molar-refractivity contribution is -0.117. The second kappa shape index (κ2) is 14.5. The van der Waals surface area contributed by atoms with Crippen LogP contribution in [0.5, 0.6) is 0 Å². The summed E-state index contributed by atoms with van der Waals surface area (Å²) < 4.78 is 0. The zero-order valence-electron chi connectivity index (χ0n) is 26.7. The number of pyridine rings is 1. The molecule has 1 fully saturated rings. The van der Waals surface area contributed by atoms with Crippen LogP contribution in [-0.2, 0) is 4.79 Å². The number of nitrogens with zero attached hydrogens (tertiary/aromatic N) is 3. The molecule has 6 nitrogen and oxygen atoms in total. The molecule has 0 bridgehead atoms. The van der Waals surface area contributed by atoms with Crippen molar-refractivity contribution in [2.24, 2.45) is 5.92 Å². The molecule has 230 valence electrons. The standard InChI is InChI=1S/C38H46N4O2/c1-5-22-39-37(43)28(4)26-31-21-25-42(34-17-11-10-15-32(34)36(31)27(3)6-2)38(44)33-16-12-18-35(40-33)41-23-19-30(20-24-41)29-13-8-7-9-14-29/h7-18,26-27,30H,5-6,19-25H2,1-4H3,(H,39,43)/b28-26+. The second-order valence-corrected chi connectivity index (χ2v) is 12.1. The van der Waals surface area contributed by atoms with E-state index < -0.39 is 0 Å². The van der Waals surface area contributed by atoms with E-state index in [-0.39, 0.29) is 17.7 Å². The van der Waals surface area contributed by atoms with Crippen molar-refractivity contribution in [3.63, 3.8) is 0 Å². The summed E-state index contributed by atoms with van der Waals surface area (Å²) in [5.74, 6) is 1.56. The van der Waals surface area contributed by atoms with Gasteiger partial charge in [0.2, 0.25) is 5.91 Å². The number of para-hydroxylation sites is 1. The predicted octanol–water partition coefficient (Wildman–Crippen LogP) is 7.79. The van der Waals surface area contributed by atoms with Crippen molar-refractivity contribution in [2.75, 3.05) is 36.0 Å². The quantitative estimate of drug-likeness (QED) is 0.258. The van der Waals surface area contributed by atoms with E-state index in [1.54, 1.807) is 0 Å². The molecule has 1 N–H and O–H groups in total. The Balaban J connectivity index is 1.40. The number of rotatable bonds is 9. The Morgan fingerprint density at radius 3 is 2.41 bits per heavy atom. The Bertz CT molecular complexity index is 1520. The number of piperidine rings is 1. The van der Waals surface area contributed by atoms with E-state index in [0.29, 0.717) is 36.7 Å². The van der Waals surface area contributed by atoms with Gasteiger partial charge in [0.25, 0.3) is 5.91 Å². The summed E-state index contributed by atoms with van der Waals surface area (Å²) >= 11 is 0. The molecule has 44 heavy (non-hydrogen) atoms. The fraction of sp³-hybridized carbons (Fsp3) is 0.395. The Morgan fingerprint density at radius 2 is 1.68 bits per heavy atom. The minimum absolute atomic E-state index is 0.0397. The number of amides is 2. The van der Waals surface area contributed by atoms with Gasteiger partial charge in [0.15, 0.2) is 0 Å². The zero-order chi connectivity index (χ0) is 31.1. The van der Waals surface area contributed by atoms with Crippen LogP contribution < -0.4 is 15.1 Å². The first-order valence-corrected chi connectivity index (χ1v) is 16.3. The van der Waals surface area contributed by atoms with Crippen molar-refractivity contribution >= 4 is 28.9 Å². The Hall–Kier alpha value is -4.19. The third kappa shape index (κ3) is 6.96. The number of hydrogen-bond acceptors (Lipinski definition) is 4. The summed E-state index contributed by atoms with van der Waals surface area (Å²) in [5.41, 5.74) is 6.84. The van der Waals surface area contributed by atoms with Gasteiger partial charge in [-0.2, -0.15) is 0 Å². The highest BCUT2D eigenvalue weighted by molar-refractivity contribution is 6.07. The fourth-order valence-electron chi connectivity index (χ4n) is 6.47. The summed E-state index contributed by atoms with van der Waals surface area (Å²) in [7, 11) is 0. The molecule has 1 atom stereocenters. The van der Waals surface area contributed by atoms with E-state index in [9.17, 15) is 9.59 Å². The zero-order valence-corrected chi connectivity index (χ0v) is 26.7. The molecule has 0 saturated carbocycles. The maximum absolute atomic E-state index is 14.2. The van der Waals surface area contributed by atoms with Crippen LogP contribution in [-0.4, -0.2) is 43.0 Å². The lowest BCUT2D eigenvalue weighted by atomic mass is 9.86. The summed E-state index contributed by atoms with van der Waals surface area (Å²) in [6.45, 7) is 11.4. The molecule has 0 spiro atoms. The number of allylic oxidation sites excluding steroid dienone is 2. The number of anilines is 2.